The van der Waals surface area contributed by atoms with Crippen LogP contribution < -0.4 is 5.32 Å². The lowest BCUT2D eigenvalue weighted by Gasteiger charge is -2.10. The molecule has 0 spiro atoms. The van der Waals surface area contributed by atoms with Gasteiger partial charge in [0.15, 0.2) is 6.61 Å². The monoisotopic (exact) mass is 462 g/mol. The van der Waals surface area contributed by atoms with Gasteiger partial charge in [-0.25, -0.2) is 9.48 Å². The third-order valence-electron chi connectivity index (χ3n) is 5.36. The molecular formula is C25H23ClN4O3. The normalized spacial score (nSPS) is 10.9. The highest BCUT2D eigenvalue weighted by atomic mass is 35.5. The molecule has 0 atom stereocenters. The number of hydrogen-bond acceptors (Lipinski definition) is 5. The fourth-order valence-electron chi connectivity index (χ4n) is 3.60. The van der Waals surface area contributed by atoms with Crippen LogP contribution in [0.5, 0.6) is 0 Å². The first-order valence-corrected chi connectivity index (χ1v) is 10.8. The smallest absolute Gasteiger partial charge is 0.340 e. The first-order chi connectivity index (χ1) is 15.7. The summed E-state index contributed by atoms with van der Waals surface area (Å²) in [6.07, 6.45) is 0. The van der Waals surface area contributed by atoms with Crippen LogP contribution in [0.15, 0.2) is 48.5 Å². The maximum atomic E-state index is 12.6. The first kappa shape index (κ1) is 22.5. The second-order valence-corrected chi connectivity index (χ2v) is 8.31. The number of anilines is 1. The molecule has 4 aromatic rings. The average molecular weight is 463 g/mol. The van der Waals surface area contributed by atoms with Crippen LogP contribution in [0, 0.1) is 27.7 Å². The lowest BCUT2D eigenvalue weighted by atomic mass is 10.1. The molecule has 0 aliphatic heterocycles. The molecule has 1 amide bonds. The Hall–Kier alpha value is -3.71. The van der Waals surface area contributed by atoms with Crippen molar-refractivity contribution in [2.45, 2.75) is 27.7 Å². The molecule has 0 saturated carbocycles. The van der Waals surface area contributed by atoms with Crippen LogP contribution in [-0.4, -0.2) is 33.2 Å². The van der Waals surface area contributed by atoms with Crippen molar-refractivity contribution in [2.24, 2.45) is 0 Å². The summed E-state index contributed by atoms with van der Waals surface area (Å²) >= 11 is 6.04. The lowest BCUT2D eigenvalue weighted by molar-refractivity contribution is -0.119. The number of esters is 1. The third kappa shape index (κ3) is 4.73. The Morgan fingerprint density at radius 1 is 1.00 bits per heavy atom. The Kier molecular flexibility index (Phi) is 6.16. The summed E-state index contributed by atoms with van der Waals surface area (Å²) < 4.78 is 7.02. The number of fused-ring (bicyclic) bond motifs is 1. The molecule has 0 aliphatic rings. The Bertz CT molecular complexity index is 1380. The molecule has 0 radical (unpaired) electrons. The van der Waals surface area contributed by atoms with E-state index in [1.807, 2.05) is 45.0 Å². The quantitative estimate of drug-likeness (QED) is 0.417. The summed E-state index contributed by atoms with van der Waals surface area (Å²) in [7, 11) is 0. The van der Waals surface area contributed by atoms with Gasteiger partial charge < -0.3 is 10.1 Å². The van der Waals surface area contributed by atoms with Crippen molar-refractivity contribution >= 4 is 40.1 Å². The number of halogens is 1. The van der Waals surface area contributed by atoms with Crippen LogP contribution in [0.4, 0.5) is 5.69 Å². The van der Waals surface area contributed by atoms with Gasteiger partial charge >= 0.3 is 5.97 Å². The van der Waals surface area contributed by atoms with E-state index in [0.717, 1.165) is 27.8 Å². The SMILES string of the molecule is Cc1ccc(-n2nc(C)c(NC(=O)COC(=O)c3cc4cc(Cl)ccc4nc3C)c2C)cc1. The molecule has 1 N–H and O–H groups in total. The molecule has 2 aromatic carbocycles. The third-order valence-corrected chi connectivity index (χ3v) is 5.59. The molecule has 0 fully saturated rings. The van der Waals surface area contributed by atoms with Crippen LogP contribution in [0.25, 0.3) is 16.6 Å². The average Bonchev–Trinajstić information content (AvgIpc) is 3.06. The number of benzene rings is 2. The van der Waals surface area contributed by atoms with Crippen molar-refractivity contribution in [1.82, 2.24) is 14.8 Å². The van der Waals surface area contributed by atoms with Gasteiger partial charge in [-0.05, 0) is 64.1 Å². The zero-order valence-corrected chi connectivity index (χ0v) is 19.5. The summed E-state index contributed by atoms with van der Waals surface area (Å²) in [6, 6.07) is 14.9. The minimum Gasteiger partial charge on any atom is -0.452 e. The second kappa shape index (κ2) is 9.03. The number of ether oxygens (including phenoxy) is 1. The van der Waals surface area contributed by atoms with Gasteiger partial charge in [0, 0.05) is 10.4 Å². The fourth-order valence-corrected chi connectivity index (χ4v) is 3.78. The van der Waals surface area contributed by atoms with Crippen LogP contribution >= 0.6 is 11.6 Å². The summed E-state index contributed by atoms with van der Waals surface area (Å²) in [5, 5.41) is 8.60. The summed E-state index contributed by atoms with van der Waals surface area (Å²) in [5.41, 5.74) is 5.61. The van der Waals surface area contributed by atoms with Gasteiger partial charge in [-0.2, -0.15) is 5.10 Å². The van der Waals surface area contributed by atoms with Crippen molar-refractivity contribution < 1.29 is 14.3 Å². The molecule has 0 saturated heterocycles. The van der Waals surface area contributed by atoms with Gasteiger partial charge in [-0.1, -0.05) is 29.3 Å². The Morgan fingerprint density at radius 3 is 2.45 bits per heavy atom. The van der Waals surface area contributed by atoms with E-state index in [1.165, 1.54) is 0 Å². The van der Waals surface area contributed by atoms with Crippen molar-refractivity contribution in [3.8, 4) is 5.69 Å². The number of aryl methyl sites for hydroxylation is 3. The number of nitrogens with zero attached hydrogens (tertiary/aromatic N) is 3. The number of nitrogens with one attached hydrogen (secondary N) is 1. The minimum atomic E-state index is -0.624. The molecule has 0 aliphatic carbocycles. The number of amides is 1. The number of carbonyl (C=O) groups excluding carboxylic acids is 2. The van der Waals surface area contributed by atoms with Crippen LogP contribution in [0.2, 0.25) is 5.02 Å². The van der Waals surface area contributed by atoms with E-state index in [-0.39, 0.29) is 5.56 Å². The highest BCUT2D eigenvalue weighted by Crippen LogP contribution is 2.24. The fraction of sp³-hybridized carbons (Fsp3) is 0.200. The van der Waals surface area contributed by atoms with Crippen molar-refractivity contribution in [3.63, 3.8) is 0 Å². The standard InChI is InChI=1S/C25H23ClN4O3/c1-14-5-8-20(9-6-14)30-17(4)24(16(3)29-30)28-23(31)13-33-25(32)21-12-18-11-19(26)7-10-22(18)27-15(21)2/h5-12H,13H2,1-4H3,(H,28,31). The Morgan fingerprint density at radius 2 is 1.73 bits per heavy atom. The van der Waals surface area contributed by atoms with E-state index >= 15 is 0 Å². The van der Waals surface area contributed by atoms with E-state index in [9.17, 15) is 9.59 Å². The van der Waals surface area contributed by atoms with Crippen molar-refractivity contribution in [1.29, 1.82) is 0 Å². The summed E-state index contributed by atoms with van der Waals surface area (Å²) in [6.45, 7) is 6.99. The number of aromatic nitrogens is 3. The maximum absolute atomic E-state index is 12.6. The van der Waals surface area contributed by atoms with Gasteiger partial charge in [-0.15, -0.1) is 0 Å². The zero-order valence-electron chi connectivity index (χ0n) is 18.8. The predicted molar refractivity (Wildman–Crippen MR) is 128 cm³/mol. The molecule has 33 heavy (non-hydrogen) atoms. The molecule has 0 bridgehead atoms. The van der Waals surface area contributed by atoms with Gasteiger partial charge in [-0.3, -0.25) is 9.78 Å². The van der Waals surface area contributed by atoms with Crippen molar-refractivity contribution in [2.75, 3.05) is 11.9 Å². The Balaban J connectivity index is 1.46. The molecule has 168 valence electrons. The van der Waals surface area contributed by atoms with E-state index in [1.54, 1.807) is 35.9 Å². The Labute approximate surface area is 196 Å². The number of rotatable bonds is 5. The molecule has 0 unspecified atom stereocenters. The number of carbonyl (C=O) groups is 2. The molecule has 8 heteroatoms. The number of hydrogen-bond donors (Lipinski definition) is 1. The molecule has 2 heterocycles. The predicted octanol–water partition coefficient (Wildman–Crippen LogP) is 5.10. The van der Waals surface area contributed by atoms with Crippen LogP contribution in [0.3, 0.4) is 0 Å². The summed E-state index contributed by atoms with van der Waals surface area (Å²) in [5.74, 6) is -1.08. The maximum Gasteiger partial charge on any atom is 0.340 e. The molecular weight excluding hydrogens is 440 g/mol. The van der Waals surface area contributed by atoms with Crippen LogP contribution in [-0.2, 0) is 9.53 Å². The zero-order chi connectivity index (χ0) is 23.7. The molecule has 2 aromatic heterocycles. The van der Waals surface area contributed by atoms with E-state index < -0.39 is 18.5 Å². The second-order valence-electron chi connectivity index (χ2n) is 7.88. The largest absolute Gasteiger partial charge is 0.452 e. The minimum absolute atomic E-state index is 0.289. The first-order valence-electron chi connectivity index (χ1n) is 10.4. The molecule has 4 rings (SSSR count). The van der Waals surface area contributed by atoms with E-state index in [4.69, 9.17) is 16.3 Å². The van der Waals surface area contributed by atoms with Crippen molar-refractivity contribution in [3.05, 3.63) is 81.8 Å². The number of pyridine rings is 1. The van der Waals surface area contributed by atoms with Crippen LogP contribution in [0.1, 0.15) is 33.0 Å². The topological polar surface area (TPSA) is 86.1 Å². The van der Waals surface area contributed by atoms with Gasteiger partial charge in [0.1, 0.15) is 0 Å². The van der Waals surface area contributed by atoms with Gasteiger partial charge in [0.2, 0.25) is 0 Å². The van der Waals surface area contributed by atoms with E-state index in [0.29, 0.717) is 22.1 Å². The summed E-state index contributed by atoms with van der Waals surface area (Å²) in [4.78, 5) is 29.6. The molecule has 7 nitrogen and oxygen atoms in total. The highest BCUT2D eigenvalue weighted by molar-refractivity contribution is 6.31. The highest BCUT2D eigenvalue weighted by Gasteiger charge is 2.18. The lowest BCUT2D eigenvalue weighted by Crippen LogP contribution is -2.22. The van der Waals surface area contributed by atoms with Gasteiger partial charge in [0.05, 0.1) is 39.5 Å². The van der Waals surface area contributed by atoms with E-state index in [2.05, 4.69) is 15.4 Å². The van der Waals surface area contributed by atoms with Gasteiger partial charge in [0.25, 0.3) is 5.91 Å².